The molecule has 11 nitrogen and oxygen atoms in total. The second-order valence-corrected chi connectivity index (χ2v) is 12.6. The maximum Gasteiger partial charge on any atom is 0.251 e. The first kappa shape index (κ1) is 28.3. The molecule has 1 N–H and O–H groups in total. The molecule has 0 atom stereocenters. The molecule has 1 aliphatic heterocycles. The number of ether oxygens (including phenoxy) is 1. The van der Waals surface area contributed by atoms with Crippen LogP contribution in [0.15, 0.2) is 40.5 Å². The minimum atomic E-state index is -3.57. The standard InChI is InChI=1S/C25H35N7O4S2/c1-5-31(6-2)38(34,35)20-9-7-19(8-10-20)24(33)26-11-12-32-23-21(17-27-32)22(30-13-15-36-16-14-30)28-25(29-23)37-18(3)4/h7-10,17-18H,5-6,11-16H2,1-4H3,(H,26,33). The Balaban J connectivity index is 1.46. The van der Waals surface area contributed by atoms with Crippen molar-refractivity contribution in [3.8, 4) is 0 Å². The Bertz CT molecular complexity index is 1350. The molecule has 3 aromatic rings. The minimum Gasteiger partial charge on any atom is -0.378 e. The molecule has 1 aliphatic rings. The van der Waals surface area contributed by atoms with Crippen LogP contribution >= 0.6 is 11.8 Å². The largest absolute Gasteiger partial charge is 0.378 e. The van der Waals surface area contributed by atoms with E-state index in [0.717, 1.165) is 29.9 Å². The lowest BCUT2D eigenvalue weighted by Crippen LogP contribution is -2.37. The predicted octanol–water partition coefficient (Wildman–Crippen LogP) is 2.62. The summed E-state index contributed by atoms with van der Waals surface area (Å²) < 4.78 is 34.1. The first-order chi connectivity index (χ1) is 18.2. The van der Waals surface area contributed by atoms with Gasteiger partial charge in [0, 0.05) is 43.5 Å². The fraction of sp³-hybridized carbons (Fsp3) is 0.520. The number of nitrogens with one attached hydrogen (secondary N) is 1. The van der Waals surface area contributed by atoms with Gasteiger partial charge in [-0.05, 0) is 24.3 Å². The van der Waals surface area contributed by atoms with E-state index in [4.69, 9.17) is 14.7 Å². The van der Waals surface area contributed by atoms with Gasteiger partial charge in [-0.25, -0.2) is 23.1 Å². The molecule has 1 fully saturated rings. The lowest BCUT2D eigenvalue weighted by molar-refractivity contribution is 0.0952. The Morgan fingerprint density at radius 3 is 2.45 bits per heavy atom. The molecule has 13 heteroatoms. The number of sulfonamides is 1. The summed E-state index contributed by atoms with van der Waals surface area (Å²) in [6.07, 6.45) is 1.78. The number of amides is 1. The summed E-state index contributed by atoms with van der Waals surface area (Å²) in [5.41, 5.74) is 1.12. The fourth-order valence-electron chi connectivity index (χ4n) is 4.23. The van der Waals surface area contributed by atoms with Crippen molar-refractivity contribution in [3.05, 3.63) is 36.0 Å². The Labute approximate surface area is 228 Å². The summed E-state index contributed by atoms with van der Waals surface area (Å²) in [7, 11) is -3.57. The van der Waals surface area contributed by atoms with Gasteiger partial charge in [0.2, 0.25) is 10.0 Å². The zero-order valence-corrected chi connectivity index (χ0v) is 23.9. The molecule has 0 bridgehead atoms. The van der Waals surface area contributed by atoms with Gasteiger partial charge in [0.15, 0.2) is 10.8 Å². The molecule has 38 heavy (non-hydrogen) atoms. The molecule has 206 valence electrons. The van der Waals surface area contributed by atoms with E-state index in [1.165, 1.54) is 28.6 Å². The number of benzene rings is 1. The van der Waals surface area contributed by atoms with Gasteiger partial charge in [0.05, 0.1) is 36.2 Å². The molecular weight excluding hydrogens is 526 g/mol. The van der Waals surface area contributed by atoms with Gasteiger partial charge in [0.25, 0.3) is 5.91 Å². The summed E-state index contributed by atoms with van der Waals surface area (Å²) in [5.74, 6) is 0.574. The van der Waals surface area contributed by atoms with Gasteiger partial charge in [-0.2, -0.15) is 9.40 Å². The summed E-state index contributed by atoms with van der Waals surface area (Å²) in [4.78, 5) is 24.7. The smallest absolute Gasteiger partial charge is 0.251 e. The number of carbonyl (C=O) groups excluding carboxylic acids is 1. The van der Waals surface area contributed by atoms with Crippen molar-refractivity contribution in [1.29, 1.82) is 0 Å². The molecule has 0 radical (unpaired) electrons. The molecule has 0 unspecified atom stereocenters. The van der Waals surface area contributed by atoms with Gasteiger partial charge in [-0.15, -0.1) is 0 Å². The quantitative estimate of drug-likeness (QED) is 0.278. The van der Waals surface area contributed by atoms with Crippen LogP contribution < -0.4 is 10.2 Å². The van der Waals surface area contributed by atoms with Gasteiger partial charge in [-0.1, -0.05) is 39.5 Å². The molecule has 2 aromatic heterocycles. The highest BCUT2D eigenvalue weighted by Gasteiger charge is 2.22. The lowest BCUT2D eigenvalue weighted by Gasteiger charge is -2.28. The predicted molar refractivity (Wildman–Crippen MR) is 148 cm³/mol. The van der Waals surface area contributed by atoms with Crippen molar-refractivity contribution < 1.29 is 17.9 Å². The van der Waals surface area contributed by atoms with Gasteiger partial charge in [0.1, 0.15) is 5.82 Å². The third kappa shape index (κ3) is 6.28. The highest BCUT2D eigenvalue weighted by molar-refractivity contribution is 7.99. The second-order valence-electron chi connectivity index (χ2n) is 9.07. The van der Waals surface area contributed by atoms with E-state index in [2.05, 4.69) is 29.2 Å². The lowest BCUT2D eigenvalue weighted by atomic mass is 10.2. The number of thioether (sulfide) groups is 1. The number of nitrogens with zero attached hydrogens (tertiary/aromatic N) is 6. The Kier molecular flexibility index (Phi) is 9.23. The minimum absolute atomic E-state index is 0.173. The average molecular weight is 562 g/mol. The number of anilines is 1. The number of carbonyl (C=O) groups is 1. The highest BCUT2D eigenvalue weighted by atomic mass is 32.2. The summed E-state index contributed by atoms with van der Waals surface area (Å²) in [6, 6.07) is 6.02. The van der Waals surface area contributed by atoms with Crippen LogP contribution in [0.5, 0.6) is 0 Å². The number of morpholine rings is 1. The fourth-order valence-corrected chi connectivity index (χ4v) is 6.39. The van der Waals surface area contributed by atoms with E-state index in [-0.39, 0.29) is 10.8 Å². The van der Waals surface area contributed by atoms with Crippen LogP contribution in [0.3, 0.4) is 0 Å². The summed E-state index contributed by atoms with van der Waals surface area (Å²) in [5, 5.41) is 9.32. The van der Waals surface area contributed by atoms with Crippen molar-refractivity contribution in [2.45, 2.75) is 49.5 Å². The highest BCUT2D eigenvalue weighted by Crippen LogP contribution is 2.29. The van der Waals surface area contributed by atoms with Crippen LogP contribution in [0.4, 0.5) is 5.82 Å². The Morgan fingerprint density at radius 1 is 1.13 bits per heavy atom. The van der Waals surface area contributed by atoms with Crippen molar-refractivity contribution in [2.24, 2.45) is 0 Å². The van der Waals surface area contributed by atoms with E-state index in [1.807, 2.05) is 0 Å². The number of fused-ring (bicyclic) bond motifs is 1. The molecule has 0 aliphatic carbocycles. The van der Waals surface area contributed by atoms with Crippen molar-refractivity contribution in [1.82, 2.24) is 29.4 Å². The van der Waals surface area contributed by atoms with Crippen LogP contribution in [-0.4, -0.2) is 89.6 Å². The molecule has 1 amide bonds. The average Bonchev–Trinajstić information content (AvgIpc) is 3.31. The molecule has 1 saturated heterocycles. The van der Waals surface area contributed by atoms with Crippen LogP contribution in [-0.2, 0) is 21.3 Å². The Morgan fingerprint density at radius 2 is 1.82 bits per heavy atom. The van der Waals surface area contributed by atoms with E-state index < -0.39 is 10.0 Å². The van der Waals surface area contributed by atoms with E-state index in [9.17, 15) is 13.2 Å². The molecule has 0 saturated carbocycles. The van der Waals surface area contributed by atoms with Crippen molar-refractivity contribution >= 4 is 44.5 Å². The zero-order chi connectivity index (χ0) is 27.3. The molecule has 0 spiro atoms. The third-order valence-electron chi connectivity index (χ3n) is 6.18. The first-order valence-corrected chi connectivity index (χ1v) is 15.2. The summed E-state index contributed by atoms with van der Waals surface area (Å²) >= 11 is 1.60. The van der Waals surface area contributed by atoms with Gasteiger partial charge < -0.3 is 15.0 Å². The number of hydrogen-bond donors (Lipinski definition) is 1. The van der Waals surface area contributed by atoms with Crippen molar-refractivity contribution in [3.63, 3.8) is 0 Å². The maximum absolute atomic E-state index is 12.7. The number of aromatic nitrogens is 4. The van der Waals surface area contributed by atoms with Crippen LogP contribution in [0.1, 0.15) is 38.1 Å². The zero-order valence-electron chi connectivity index (χ0n) is 22.3. The Hall–Kier alpha value is -2.74. The topological polar surface area (TPSA) is 123 Å². The second kappa shape index (κ2) is 12.4. The number of rotatable bonds is 11. The van der Waals surface area contributed by atoms with Crippen molar-refractivity contribution in [2.75, 3.05) is 50.8 Å². The maximum atomic E-state index is 12.7. The monoisotopic (exact) mass is 561 g/mol. The van der Waals surface area contributed by atoms with Crippen LogP contribution in [0.2, 0.25) is 0 Å². The van der Waals surface area contributed by atoms with E-state index >= 15 is 0 Å². The molecule has 4 rings (SSSR count). The van der Waals surface area contributed by atoms with Gasteiger partial charge in [-0.3, -0.25) is 4.79 Å². The van der Waals surface area contributed by atoms with Gasteiger partial charge >= 0.3 is 0 Å². The summed E-state index contributed by atoms with van der Waals surface area (Å²) in [6.45, 7) is 12.2. The van der Waals surface area contributed by atoms with E-state index in [0.29, 0.717) is 55.4 Å². The first-order valence-electron chi connectivity index (χ1n) is 12.9. The van der Waals surface area contributed by atoms with Crippen LogP contribution in [0.25, 0.3) is 11.0 Å². The van der Waals surface area contributed by atoms with E-state index in [1.54, 1.807) is 36.5 Å². The number of hydrogen-bond acceptors (Lipinski definition) is 9. The SMILES string of the molecule is CCN(CC)S(=O)(=O)c1ccc(C(=O)NCCn2ncc3c(N4CCOCC4)nc(SC(C)C)nc32)cc1. The molecule has 3 heterocycles. The molecule has 1 aromatic carbocycles. The van der Waals surface area contributed by atoms with Crippen LogP contribution in [0, 0.1) is 0 Å². The molecular formula is C25H35N7O4S2. The normalized spacial score (nSPS) is 14.5. The third-order valence-corrected chi connectivity index (χ3v) is 9.11.